The maximum absolute atomic E-state index is 12.5. The van der Waals surface area contributed by atoms with Crippen molar-refractivity contribution < 1.29 is 31.9 Å². The number of ether oxygens (including phenoxy) is 2. The normalized spacial score (nSPS) is 15.3. The Kier molecular flexibility index (Phi) is 5.59. The van der Waals surface area contributed by atoms with E-state index >= 15 is 0 Å². The second-order valence-corrected chi connectivity index (χ2v) is 7.53. The number of hydrogen-bond donors (Lipinski definition) is 1. The fraction of sp³-hybridized carbons (Fsp3) is 0.294. The Morgan fingerprint density at radius 2 is 1.74 bits per heavy atom. The number of sulfonamides is 1. The Morgan fingerprint density at radius 3 is 2.37 bits per heavy atom. The summed E-state index contributed by atoms with van der Waals surface area (Å²) in [7, 11) is -2.54. The van der Waals surface area contributed by atoms with Crippen molar-refractivity contribution in [2.75, 3.05) is 38.7 Å². The van der Waals surface area contributed by atoms with Crippen molar-refractivity contribution in [1.29, 1.82) is 0 Å². The Labute approximate surface area is 155 Å². The maximum Gasteiger partial charge on any atom is 0.337 e. The van der Waals surface area contributed by atoms with Crippen LogP contribution < -0.4 is 5.32 Å². The highest BCUT2D eigenvalue weighted by atomic mass is 32.2. The number of furan rings is 1. The van der Waals surface area contributed by atoms with Crippen LogP contribution in [0, 0.1) is 0 Å². The predicted molar refractivity (Wildman–Crippen MR) is 94.0 cm³/mol. The van der Waals surface area contributed by atoms with Crippen LogP contribution in [0.5, 0.6) is 0 Å². The van der Waals surface area contributed by atoms with E-state index in [1.54, 1.807) is 0 Å². The van der Waals surface area contributed by atoms with Crippen LogP contribution in [0.3, 0.4) is 0 Å². The van der Waals surface area contributed by atoms with Gasteiger partial charge in [0, 0.05) is 18.8 Å². The molecule has 2 heterocycles. The van der Waals surface area contributed by atoms with Gasteiger partial charge in [0.2, 0.25) is 5.09 Å². The molecular formula is C17H18N2O7S. The van der Waals surface area contributed by atoms with Crippen molar-refractivity contribution >= 4 is 27.6 Å². The molecular weight excluding hydrogens is 376 g/mol. The number of nitrogens with zero attached hydrogens (tertiary/aromatic N) is 1. The lowest BCUT2D eigenvalue weighted by molar-refractivity contribution is 0.0600. The van der Waals surface area contributed by atoms with Crippen LogP contribution >= 0.6 is 0 Å². The number of anilines is 1. The summed E-state index contributed by atoms with van der Waals surface area (Å²) in [5, 5.41) is 2.28. The summed E-state index contributed by atoms with van der Waals surface area (Å²) in [6.45, 7) is 1.10. The minimum Gasteiger partial charge on any atom is -0.465 e. The average Bonchev–Trinajstić information content (AvgIpc) is 3.20. The van der Waals surface area contributed by atoms with Crippen LogP contribution in [-0.4, -0.2) is 58.0 Å². The second-order valence-electron chi connectivity index (χ2n) is 5.66. The van der Waals surface area contributed by atoms with Crippen LogP contribution in [0.4, 0.5) is 5.69 Å². The largest absolute Gasteiger partial charge is 0.465 e. The lowest BCUT2D eigenvalue weighted by atomic mass is 10.2. The standard InChI is InChI=1S/C17H18N2O7S/c1-24-17(21)12-2-4-13(5-3-12)18-16(20)14-6-7-15(26-14)27(22,23)19-8-10-25-11-9-19/h2-7H,8-11H2,1H3,(H,18,20). The molecule has 9 nitrogen and oxygen atoms in total. The molecule has 0 aliphatic carbocycles. The number of carbonyl (C=O) groups is 2. The van der Waals surface area contributed by atoms with E-state index in [0.29, 0.717) is 24.5 Å². The van der Waals surface area contributed by atoms with Gasteiger partial charge >= 0.3 is 5.97 Å². The first-order chi connectivity index (χ1) is 12.9. The molecule has 2 aromatic rings. The number of carbonyl (C=O) groups excluding carboxylic acids is 2. The van der Waals surface area contributed by atoms with Crippen LogP contribution in [-0.2, 0) is 19.5 Å². The van der Waals surface area contributed by atoms with Gasteiger partial charge in [-0.3, -0.25) is 4.79 Å². The summed E-state index contributed by atoms with van der Waals surface area (Å²) in [5.74, 6) is -1.24. The Morgan fingerprint density at radius 1 is 1.07 bits per heavy atom. The number of benzene rings is 1. The zero-order valence-corrected chi connectivity index (χ0v) is 15.3. The third-order valence-electron chi connectivity index (χ3n) is 3.93. The Balaban J connectivity index is 1.70. The molecule has 1 saturated heterocycles. The third kappa shape index (κ3) is 4.18. The predicted octanol–water partition coefficient (Wildman–Crippen LogP) is 1.34. The molecule has 3 rings (SSSR count). The molecule has 1 amide bonds. The number of hydrogen-bond acceptors (Lipinski definition) is 7. The van der Waals surface area contributed by atoms with E-state index in [4.69, 9.17) is 9.15 Å². The van der Waals surface area contributed by atoms with Crippen molar-refractivity contribution in [3.05, 3.63) is 47.7 Å². The first-order valence-corrected chi connectivity index (χ1v) is 9.53. The zero-order valence-electron chi connectivity index (χ0n) is 14.5. The summed E-state index contributed by atoms with van der Waals surface area (Å²) in [6, 6.07) is 8.60. The monoisotopic (exact) mass is 394 g/mol. The van der Waals surface area contributed by atoms with Crippen LogP contribution in [0.1, 0.15) is 20.9 Å². The van der Waals surface area contributed by atoms with Gasteiger partial charge in [-0.15, -0.1) is 0 Å². The van der Waals surface area contributed by atoms with E-state index < -0.39 is 21.9 Å². The van der Waals surface area contributed by atoms with Crippen LogP contribution in [0.25, 0.3) is 0 Å². The Hall–Kier alpha value is -2.69. The summed E-state index contributed by atoms with van der Waals surface area (Å²) < 4.78 is 41.3. The summed E-state index contributed by atoms with van der Waals surface area (Å²) in [4.78, 5) is 23.7. The number of rotatable bonds is 5. The van der Waals surface area contributed by atoms with Crippen molar-refractivity contribution in [3.63, 3.8) is 0 Å². The third-order valence-corrected chi connectivity index (χ3v) is 5.71. The summed E-state index contributed by atoms with van der Waals surface area (Å²) in [5.41, 5.74) is 0.758. The van der Waals surface area contributed by atoms with Gasteiger partial charge in [-0.25, -0.2) is 13.2 Å². The molecule has 27 heavy (non-hydrogen) atoms. The van der Waals surface area contributed by atoms with Crippen LogP contribution in [0.15, 0.2) is 45.9 Å². The summed E-state index contributed by atoms with van der Waals surface area (Å²) >= 11 is 0. The minimum absolute atomic E-state index is 0.140. The smallest absolute Gasteiger partial charge is 0.337 e. The van der Waals surface area contributed by atoms with Gasteiger partial charge in [-0.05, 0) is 36.4 Å². The molecule has 10 heteroatoms. The fourth-order valence-electron chi connectivity index (χ4n) is 2.50. The number of morpholine rings is 1. The fourth-order valence-corrected chi connectivity index (χ4v) is 3.81. The van der Waals surface area contributed by atoms with Gasteiger partial charge in [-0.2, -0.15) is 4.31 Å². The van der Waals surface area contributed by atoms with E-state index in [1.807, 2.05) is 0 Å². The van der Waals surface area contributed by atoms with E-state index in [2.05, 4.69) is 10.1 Å². The minimum atomic E-state index is -3.81. The number of amides is 1. The maximum atomic E-state index is 12.5. The molecule has 1 N–H and O–H groups in total. The first-order valence-electron chi connectivity index (χ1n) is 8.09. The highest BCUT2D eigenvalue weighted by Crippen LogP contribution is 2.21. The molecule has 0 unspecified atom stereocenters. The SMILES string of the molecule is COC(=O)c1ccc(NC(=O)c2ccc(S(=O)(=O)N3CCOCC3)o2)cc1. The molecule has 1 aliphatic heterocycles. The summed E-state index contributed by atoms with van der Waals surface area (Å²) in [6.07, 6.45) is 0. The second kappa shape index (κ2) is 7.91. The number of methoxy groups -OCH3 is 1. The van der Waals surface area contributed by atoms with E-state index in [0.717, 1.165) is 0 Å². The van der Waals surface area contributed by atoms with Gasteiger partial charge in [0.15, 0.2) is 5.76 Å². The molecule has 0 radical (unpaired) electrons. The van der Waals surface area contributed by atoms with Crippen molar-refractivity contribution in [1.82, 2.24) is 4.31 Å². The molecule has 1 aliphatic rings. The highest BCUT2D eigenvalue weighted by molar-refractivity contribution is 7.89. The quantitative estimate of drug-likeness (QED) is 0.761. The van der Waals surface area contributed by atoms with E-state index in [1.165, 1.54) is 47.8 Å². The molecule has 1 aromatic heterocycles. The van der Waals surface area contributed by atoms with Gasteiger partial charge < -0.3 is 19.2 Å². The average molecular weight is 394 g/mol. The zero-order chi connectivity index (χ0) is 19.4. The lowest BCUT2D eigenvalue weighted by Crippen LogP contribution is -2.40. The van der Waals surface area contributed by atoms with E-state index in [9.17, 15) is 18.0 Å². The van der Waals surface area contributed by atoms with E-state index in [-0.39, 0.29) is 23.9 Å². The molecule has 1 fully saturated rings. The highest BCUT2D eigenvalue weighted by Gasteiger charge is 2.30. The van der Waals surface area contributed by atoms with Gasteiger partial charge in [0.25, 0.3) is 15.9 Å². The molecule has 144 valence electrons. The molecule has 1 aromatic carbocycles. The first kappa shape index (κ1) is 19.1. The van der Waals surface area contributed by atoms with Gasteiger partial charge in [0.1, 0.15) is 0 Å². The Bertz CT molecular complexity index is 928. The van der Waals surface area contributed by atoms with Crippen molar-refractivity contribution in [3.8, 4) is 0 Å². The van der Waals surface area contributed by atoms with Gasteiger partial charge in [-0.1, -0.05) is 0 Å². The molecule has 0 atom stereocenters. The van der Waals surface area contributed by atoms with Gasteiger partial charge in [0.05, 0.1) is 25.9 Å². The number of esters is 1. The van der Waals surface area contributed by atoms with Crippen molar-refractivity contribution in [2.24, 2.45) is 0 Å². The molecule has 0 saturated carbocycles. The molecule has 0 spiro atoms. The van der Waals surface area contributed by atoms with Crippen molar-refractivity contribution in [2.45, 2.75) is 5.09 Å². The number of nitrogens with one attached hydrogen (secondary N) is 1. The van der Waals surface area contributed by atoms with Crippen LogP contribution in [0.2, 0.25) is 0 Å². The lowest BCUT2D eigenvalue weighted by Gasteiger charge is -2.24. The topological polar surface area (TPSA) is 115 Å². The molecule has 0 bridgehead atoms.